The molecule has 1 N–H and O–H groups in total. The van der Waals surface area contributed by atoms with Gasteiger partial charge in [-0.2, -0.15) is 0 Å². The molecule has 2 rings (SSSR count). The molecule has 0 amide bonds. The molecule has 0 aromatic heterocycles. The second kappa shape index (κ2) is 8.54. The number of nitrogens with one attached hydrogen (secondary N) is 1. The molecule has 0 atom stereocenters. The van der Waals surface area contributed by atoms with Crippen molar-refractivity contribution in [2.75, 3.05) is 20.3 Å². The summed E-state index contributed by atoms with van der Waals surface area (Å²) in [6, 6.07) is 13.8. The van der Waals surface area contributed by atoms with Gasteiger partial charge in [-0.15, -0.1) is 0 Å². The van der Waals surface area contributed by atoms with E-state index < -0.39 is 0 Å². The Morgan fingerprint density at radius 3 is 2.57 bits per heavy atom. The van der Waals surface area contributed by atoms with Crippen LogP contribution >= 0.6 is 31.9 Å². The van der Waals surface area contributed by atoms with Crippen LogP contribution in [0.5, 0.6) is 11.5 Å². The molecule has 0 aliphatic heterocycles. The van der Waals surface area contributed by atoms with Crippen molar-refractivity contribution in [1.82, 2.24) is 5.32 Å². The fourth-order valence-electron chi connectivity index (χ4n) is 1.79. The van der Waals surface area contributed by atoms with Gasteiger partial charge in [0.25, 0.3) is 0 Å². The normalized spacial score (nSPS) is 10.6. The predicted molar refractivity (Wildman–Crippen MR) is 91.9 cm³/mol. The fraction of sp³-hybridized carbons (Fsp3) is 0.250. The molecular formula is C16H17Br2NO2. The molecule has 0 saturated heterocycles. The summed E-state index contributed by atoms with van der Waals surface area (Å²) >= 11 is 7.06. The van der Waals surface area contributed by atoms with Crippen LogP contribution in [0.2, 0.25) is 0 Å². The maximum Gasteiger partial charge on any atom is 0.141 e. The first-order chi connectivity index (χ1) is 10.2. The number of halogens is 2. The Balaban J connectivity index is 2.00. The SMILES string of the molecule is COCCNCc1ccc(Oc2ccccc2Br)cc1Br. The minimum absolute atomic E-state index is 0.709. The lowest BCUT2D eigenvalue weighted by molar-refractivity contribution is 0.199. The van der Waals surface area contributed by atoms with Crippen molar-refractivity contribution in [2.24, 2.45) is 0 Å². The average molecular weight is 415 g/mol. The Morgan fingerprint density at radius 2 is 1.86 bits per heavy atom. The molecule has 3 nitrogen and oxygen atoms in total. The van der Waals surface area contributed by atoms with Crippen molar-refractivity contribution in [3.05, 3.63) is 57.0 Å². The first-order valence-electron chi connectivity index (χ1n) is 6.61. The minimum atomic E-state index is 0.709. The lowest BCUT2D eigenvalue weighted by atomic mass is 10.2. The number of hydrogen-bond donors (Lipinski definition) is 1. The van der Waals surface area contributed by atoms with Gasteiger partial charge in [-0.25, -0.2) is 0 Å². The number of rotatable bonds is 7. The van der Waals surface area contributed by atoms with E-state index in [1.165, 1.54) is 5.56 Å². The maximum absolute atomic E-state index is 5.87. The Morgan fingerprint density at radius 1 is 1.05 bits per heavy atom. The maximum atomic E-state index is 5.87. The molecule has 0 aliphatic rings. The second-order valence-electron chi connectivity index (χ2n) is 4.46. The second-order valence-corrected chi connectivity index (χ2v) is 6.16. The van der Waals surface area contributed by atoms with Gasteiger partial charge in [0.05, 0.1) is 11.1 Å². The lowest BCUT2D eigenvalue weighted by Crippen LogP contribution is -2.18. The molecule has 5 heteroatoms. The van der Waals surface area contributed by atoms with Crippen LogP contribution < -0.4 is 10.1 Å². The third kappa shape index (κ3) is 5.11. The van der Waals surface area contributed by atoms with Gasteiger partial charge in [0.1, 0.15) is 11.5 Å². The highest BCUT2D eigenvalue weighted by Crippen LogP contribution is 2.31. The van der Waals surface area contributed by atoms with Crippen LogP contribution in [0.15, 0.2) is 51.4 Å². The molecule has 0 bridgehead atoms. The van der Waals surface area contributed by atoms with Crippen molar-refractivity contribution >= 4 is 31.9 Å². The summed E-state index contributed by atoms with van der Waals surface area (Å²) in [7, 11) is 1.70. The highest BCUT2D eigenvalue weighted by atomic mass is 79.9. The van der Waals surface area contributed by atoms with Crippen LogP contribution in [0, 0.1) is 0 Å². The zero-order chi connectivity index (χ0) is 15.1. The van der Waals surface area contributed by atoms with Crippen LogP contribution in [-0.4, -0.2) is 20.3 Å². The molecule has 0 heterocycles. The third-order valence-corrected chi connectivity index (χ3v) is 4.28. The van der Waals surface area contributed by atoms with Crippen LogP contribution in [0.3, 0.4) is 0 Å². The Bertz CT molecular complexity index is 590. The van der Waals surface area contributed by atoms with E-state index in [0.717, 1.165) is 33.5 Å². The first-order valence-corrected chi connectivity index (χ1v) is 8.20. The first kappa shape index (κ1) is 16.5. The zero-order valence-corrected chi connectivity index (χ0v) is 14.9. The molecule has 21 heavy (non-hydrogen) atoms. The number of methoxy groups -OCH3 is 1. The fourth-order valence-corrected chi connectivity index (χ4v) is 2.65. The average Bonchev–Trinajstić information content (AvgIpc) is 2.48. The molecule has 0 saturated carbocycles. The van der Waals surface area contributed by atoms with E-state index in [4.69, 9.17) is 9.47 Å². The molecule has 2 aromatic rings. The molecule has 0 spiro atoms. The molecule has 0 fully saturated rings. The van der Waals surface area contributed by atoms with Crippen molar-refractivity contribution in [1.29, 1.82) is 0 Å². The van der Waals surface area contributed by atoms with E-state index in [9.17, 15) is 0 Å². The van der Waals surface area contributed by atoms with Gasteiger partial charge in [0.2, 0.25) is 0 Å². The van der Waals surface area contributed by atoms with Gasteiger partial charge < -0.3 is 14.8 Å². The van der Waals surface area contributed by atoms with Crippen molar-refractivity contribution < 1.29 is 9.47 Å². The Hall–Kier alpha value is -0.880. The molecule has 0 radical (unpaired) electrons. The molecule has 112 valence electrons. The highest BCUT2D eigenvalue weighted by Gasteiger charge is 2.05. The van der Waals surface area contributed by atoms with E-state index >= 15 is 0 Å². The van der Waals surface area contributed by atoms with Crippen LogP contribution in [0.1, 0.15) is 5.56 Å². The monoisotopic (exact) mass is 413 g/mol. The quantitative estimate of drug-likeness (QED) is 0.663. The number of para-hydroxylation sites is 1. The van der Waals surface area contributed by atoms with Gasteiger partial charge >= 0.3 is 0 Å². The summed E-state index contributed by atoms with van der Waals surface area (Å²) in [5.41, 5.74) is 1.19. The number of hydrogen-bond acceptors (Lipinski definition) is 3. The molecular weight excluding hydrogens is 398 g/mol. The van der Waals surface area contributed by atoms with Crippen molar-refractivity contribution in [2.45, 2.75) is 6.54 Å². The summed E-state index contributed by atoms with van der Waals surface area (Å²) < 4.78 is 12.8. The van der Waals surface area contributed by atoms with Gasteiger partial charge in [-0.05, 0) is 45.8 Å². The molecule has 0 aliphatic carbocycles. The topological polar surface area (TPSA) is 30.5 Å². The lowest BCUT2D eigenvalue weighted by Gasteiger charge is -2.11. The van der Waals surface area contributed by atoms with Crippen LogP contribution in [-0.2, 0) is 11.3 Å². The van der Waals surface area contributed by atoms with Gasteiger partial charge in [-0.1, -0.05) is 34.1 Å². The minimum Gasteiger partial charge on any atom is -0.456 e. The summed E-state index contributed by atoms with van der Waals surface area (Å²) in [5.74, 6) is 1.60. The van der Waals surface area contributed by atoms with Crippen molar-refractivity contribution in [3.8, 4) is 11.5 Å². The van der Waals surface area contributed by atoms with E-state index in [0.29, 0.717) is 6.61 Å². The van der Waals surface area contributed by atoms with Gasteiger partial charge in [0.15, 0.2) is 0 Å². The van der Waals surface area contributed by atoms with E-state index in [1.54, 1.807) is 7.11 Å². The largest absolute Gasteiger partial charge is 0.456 e. The Kier molecular flexibility index (Phi) is 6.70. The van der Waals surface area contributed by atoms with Gasteiger partial charge in [0, 0.05) is 24.7 Å². The van der Waals surface area contributed by atoms with E-state index in [-0.39, 0.29) is 0 Å². The molecule has 0 unspecified atom stereocenters. The number of ether oxygens (including phenoxy) is 2. The smallest absolute Gasteiger partial charge is 0.141 e. The van der Waals surface area contributed by atoms with E-state index in [2.05, 4.69) is 43.2 Å². The summed E-state index contributed by atoms with van der Waals surface area (Å²) in [4.78, 5) is 0. The third-order valence-electron chi connectivity index (χ3n) is 2.89. The van der Waals surface area contributed by atoms with E-state index in [1.807, 2.05) is 36.4 Å². The summed E-state index contributed by atoms with van der Waals surface area (Å²) in [5, 5.41) is 3.32. The standard InChI is InChI=1S/C16H17Br2NO2/c1-20-9-8-19-11-12-6-7-13(10-15(12)18)21-16-5-3-2-4-14(16)17/h2-7,10,19H,8-9,11H2,1H3. The number of benzene rings is 2. The predicted octanol–water partition coefficient (Wildman–Crippen LogP) is 4.74. The summed E-state index contributed by atoms with van der Waals surface area (Å²) in [6.45, 7) is 2.33. The Labute approximate surface area is 141 Å². The van der Waals surface area contributed by atoms with Crippen LogP contribution in [0.25, 0.3) is 0 Å². The summed E-state index contributed by atoms with van der Waals surface area (Å²) in [6.07, 6.45) is 0. The van der Waals surface area contributed by atoms with Crippen LogP contribution in [0.4, 0.5) is 0 Å². The zero-order valence-electron chi connectivity index (χ0n) is 11.7. The molecule has 2 aromatic carbocycles. The van der Waals surface area contributed by atoms with Gasteiger partial charge in [-0.3, -0.25) is 0 Å². The highest BCUT2D eigenvalue weighted by molar-refractivity contribution is 9.10. The van der Waals surface area contributed by atoms with Crippen molar-refractivity contribution in [3.63, 3.8) is 0 Å².